The van der Waals surface area contributed by atoms with Crippen molar-refractivity contribution in [3.05, 3.63) is 57.4 Å². The highest BCUT2D eigenvalue weighted by Crippen LogP contribution is 2.54. The summed E-state index contributed by atoms with van der Waals surface area (Å²) in [5.41, 5.74) is -1.91. The largest absolute Gasteiger partial charge is 0.386 e. The highest BCUT2D eigenvalue weighted by Gasteiger charge is 2.53. The molecule has 2 N–H and O–H groups in total. The molecule has 256 valence electrons. The number of halogens is 3. The Morgan fingerprint density at radius 2 is 1.40 bits per heavy atom. The molecule has 2 radical (unpaired) electrons. The van der Waals surface area contributed by atoms with Crippen LogP contribution in [0.25, 0.3) is 22.1 Å². The molecule has 24 heteroatoms. The molecule has 4 aromatic heterocycles. The maximum atomic E-state index is 16.1. The first-order chi connectivity index (χ1) is 22.6. The van der Waals surface area contributed by atoms with Gasteiger partial charge >= 0.3 is 6.72 Å². The van der Waals surface area contributed by atoms with Gasteiger partial charge in [0, 0.05) is 26.5 Å². The highest BCUT2D eigenvalue weighted by atomic mass is 32.5. The van der Waals surface area contributed by atoms with Crippen molar-refractivity contribution in [3.63, 3.8) is 0 Å². The smallest absolute Gasteiger partial charge is 0.325 e. The van der Waals surface area contributed by atoms with Crippen molar-refractivity contribution in [3.8, 4) is 0 Å². The van der Waals surface area contributed by atoms with Crippen molar-refractivity contribution in [2.45, 2.75) is 49.1 Å². The van der Waals surface area contributed by atoms with E-state index in [1.807, 2.05) is 0 Å². The van der Waals surface area contributed by atoms with Crippen molar-refractivity contribution < 1.29 is 55.3 Å². The number of hydrogen-bond donors (Lipinski definition) is 2. The third-order valence-electron chi connectivity index (χ3n) is 8.16. The predicted molar refractivity (Wildman–Crippen MR) is 160 cm³/mol. The summed E-state index contributed by atoms with van der Waals surface area (Å²) in [6, 6.07) is 0. The Hall–Kier alpha value is -2.75. The Morgan fingerprint density at radius 1 is 0.896 bits per heavy atom. The molecule has 17 nitrogen and oxygen atoms in total. The normalized spacial score (nSPS) is 36.1. The Labute approximate surface area is 272 Å². The van der Waals surface area contributed by atoms with Gasteiger partial charge < -0.3 is 46.7 Å². The van der Waals surface area contributed by atoms with E-state index in [1.165, 1.54) is 14.1 Å². The van der Waals surface area contributed by atoms with Gasteiger partial charge in [0.15, 0.2) is 41.6 Å². The number of aryl methyl sites for hydroxylation is 2. The van der Waals surface area contributed by atoms with Crippen molar-refractivity contribution in [2.24, 2.45) is 14.1 Å². The molecule has 0 saturated carbocycles. The van der Waals surface area contributed by atoms with Crippen LogP contribution in [0.3, 0.4) is 0 Å². The monoisotopic (exact) mass is 734 g/mol. The predicted octanol–water partition coefficient (Wildman–Crippen LogP) is 0.566. The molecule has 7 heterocycles. The summed E-state index contributed by atoms with van der Waals surface area (Å²) in [5.74, 6) is -1.98. The molecule has 4 aromatic rings. The Kier molecular flexibility index (Phi) is 8.40. The van der Waals surface area contributed by atoms with Gasteiger partial charge in [0.05, 0.1) is 25.9 Å². The number of alkyl halides is 1. The number of hydrogen-bond acceptors (Lipinski definition) is 13. The first-order valence-corrected chi connectivity index (χ1v) is 18.2. The number of aliphatic hydroxyl groups is 1. The van der Waals surface area contributed by atoms with Gasteiger partial charge in [0.25, 0.3) is 18.6 Å². The molecule has 3 aliphatic heterocycles. The summed E-state index contributed by atoms with van der Waals surface area (Å²) in [4.78, 5) is 44.1. The van der Waals surface area contributed by atoms with Crippen LogP contribution in [-0.2, 0) is 58.0 Å². The minimum atomic E-state index is -4.71. The Balaban J connectivity index is 1.18. The van der Waals surface area contributed by atoms with Crippen LogP contribution in [0.1, 0.15) is 12.5 Å². The Bertz CT molecular complexity index is 2020. The van der Waals surface area contributed by atoms with Crippen LogP contribution in [-0.4, -0.2) is 95.7 Å². The average Bonchev–Trinajstić information content (AvgIpc) is 3.72. The molecule has 3 aliphatic rings. The summed E-state index contributed by atoms with van der Waals surface area (Å²) in [6.07, 6.45) is -9.68. The third kappa shape index (κ3) is 5.62. The number of aromatic nitrogens is 6. The SMILES string of the molecule is [B]P1(=O)OC[C@H]2O[C@@H](n3cc(F)c4c(=O)n(C)cnc43)C(O)C2OP(O)(=S)OC[C@H]2O[C@@H](n3cc(F)c4c(=O)n(C)cnc43)C(F)C2O1. The second-order valence-electron chi connectivity index (χ2n) is 11.3. The summed E-state index contributed by atoms with van der Waals surface area (Å²) < 4.78 is 96.3. The van der Waals surface area contributed by atoms with Crippen LogP contribution in [0, 0.1) is 11.6 Å². The van der Waals surface area contributed by atoms with Crippen LogP contribution in [0.5, 0.6) is 0 Å². The lowest BCUT2D eigenvalue weighted by molar-refractivity contribution is -0.0571. The molecule has 0 spiro atoms. The maximum Gasteiger partial charge on any atom is 0.325 e. The van der Waals surface area contributed by atoms with Gasteiger partial charge in [-0.3, -0.25) is 23.2 Å². The summed E-state index contributed by atoms with van der Waals surface area (Å²) in [5, 5.41) is 10.4. The van der Waals surface area contributed by atoms with E-state index in [4.69, 9.17) is 46.9 Å². The number of fused-ring (bicyclic) bond motifs is 4. The van der Waals surface area contributed by atoms with Gasteiger partial charge in [-0.25, -0.2) is 23.1 Å². The molecule has 0 aliphatic carbocycles. The van der Waals surface area contributed by atoms with Crippen LogP contribution < -0.4 is 11.1 Å². The van der Waals surface area contributed by atoms with E-state index in [9.17, 15) is 32.9 Å². The van der Waals surface area contributed by atoms with E-state index in [1.54, 1.807) is 0 Å². The fraction of sp³-hybridized carbons (Fsp3) is 0.500. The molecular weight excluding hydrogens is 710 g/mol. The van der Waals surface area contributed by atoms with E-state index in [-0.39, 0.29) is 11.3 Å². The highest BCUT2D eigenvalue weighted by molar-refractivity contribution is 8.07. The summed E-state index contributed by atoms with van der Waals surface area (Å²) in [6.45, 7) is -5.88. The second-order valence-corrected chi connectivity index (χ2v) is 15.6. The molecular formula is C24H24BF3N6O11P2S. The van der Waals surface area contributed by atoms with Gasteiger partial charge in [0.1, 0.15) is 41.3 Å². The third-order valence-corrected chi connectivity index (χ3v) is 10.8. The fourth-order valence-electron chi connectivity index (χ4n) is 5.87. The van der Waals surface area contributed by atoms with Crippen molar-refractivity contribution in [1.29, 1.82) is 0 Å². The molecule has 0 bridgehead atoms. The lowest BCUT2D eigenvalue weighted by Gasteiger charge is -2.30. The molecule has 0 amide bonds. The van der Waals surface area contributed by atoms with E-state index in [0.29, 0.717) is 0 Å². The summed E-state index contributed by atoms with van der Waals surface area (Å²) >= 11 is 5.14. The zero-order valence-corrected chi connectivity index (χ0v) is 27.2. The van der Waals surface area contributed by atoms with Gasteiger partial charge in [-0.15, -0.1) is 0 Å². The van der Waals surface area contributed by atoms with Crippen molar-refractivity contribution >= 4 is 55.6 Å². The van der Waals surface area contributed by atoms with E-state index < -0.39 is 110 Å². The zero-order chi connectivity index (χ0) is 34.4. The molecule has 48 heavy (non-hydrogen) atoms. The molecule has 0 aromatic carbocycles. The minimum Gasteiger partial charge on any atom is -0.386 e. The molecule has 3 saturated heterocycles. The number of nitrogens with zero attached hydrogens (tertiary/aromatic N) is 6. The van der Waals surface area contributed by atoms with Crippen molar-refractivity contribution in [2.75, 3.05) is 13.2 Å². The number of aliphatic hydroxyl groups excluding tert-OH is 1. The first kappa shape index (κ1) is 33.7. The number of rotatable bonds is 2. The average molecular weight is 734 g/mol. The summed E-state index contributed by atoms with van der Waals surface area (Å²) in [7, 11) is 3.82. The van der Waals surface area contributed by atoms with Crippen LogP contribution in [0.4, 0.5) is 13.2 Å². The minimum absolute atomic E-state index is 0.190. The fourth-order valence-corrected chi connectivity index (χ4v) is 8.33. The van der Waals surface area contributed by atoms with E-state index >= 15 is 4.39 Å². The molecule has 3 fully saturated rings. The van der Waals surface area contributed by atoms with Gasteiger partial charge in [-0.05, 0) is 11.8 Å². The topological polar surface area (TPSA) is 193 Å². The standard InChI is InChI=1S/C24H24BF3N6O11P2S/c1-31-7-29-19-13(21(31)36)9(26)3-33(19)23-15(28)17-11(42-23)6-41-47(39,48)45-18-12(5-40-46(25,38)44-17)43-24(16(18)35)34-4-10(27)14-20(34)30-8-32(2)22(14)37/h3-4,7-8,11-12,15-18,23-24,35H,5-6H2,1-2H3,(H,39,48)/t11-,12-,15?,16?,17?,18?,23-,24-,46?,47?/m1/s1. The second kappa shape index (κ2) is 11.9. The van der Waals surface area contributed by atoms with Gasteiger partial charge in [-0.2, -0.15) is 0 Å². The number of ether oxygens (including phenoxy) is 2. The molecule has 7 rings (SSSR count). The molecule has 6 unspecified atom stereocenters. The van der Waals surface area contributed by atoms with Crippen LogP contribution in [0.2, 0.25) is 0 Å². The first-order valence-electron chi connectivity index (χ1n) is 14.0. The van der Waals surface area contributed by atoms with Gasteiger partial charge in [-0.1, -0.05) is 0 Å². The van der Waals surface area contributed by atoms with E-state index in [0.717, 1.165) is 43.3 Å². The zero-order valence-electron chi connectivity index (χ0n) is 24.6. The molecule has 10 atom stereocenters. The van der Waals surface area contributed by atoms with Crippen LogP contribution in [0.15, 0.2) is 34.6 Å². The van der Waals surface area contributed by atoms with Gasteiger partial charge in [0.2, 0.25) is 7.57 Å². The maximum absolute atomic E-state index is 16.1. The quantitative estimate of drug-likeness (QED) is 0.215. The Morgan fingerprint density at radius 3 is 1.98 bits per heavy atom. The van der Waals surface area contributed by atoms with Crippen LogP contribution >= 0.6 is 14.2 Å². The van der Waals surface area contributed by atoms with E-state index in [2.05, 4.69) is 9.97 Å². The van der Waals surface area contributed by atoms with Crippen molar-refractivity contribution in [1.82, 2.24) is 28.2 Å². The lowest BCUT2D eigenvalue weighted by atomic mass is 10.1. The lowest BCUT2D eigenvalue weighted by Crippen LogP contribution is -2.38.